The van der Waals surface area contributed by atoms with Gasteiger partial charge in [0.1, 0.15) is 0 Å². The number of hydrogen-bond donors (Lipinski definition) is 4. The van der Waals surface area contributed by atoms with Crippen LogP contribution in [0.2, 0.25) is 0 Å². The van der Waals surface area contributed by atoms with Crippen molar-refractivity contribution in [1.82, 2.24) is 5.48 Å². The molecule has 0 aromatic rings. The minimum atomic E-state index is -1.09. The molecule has 8 heteroatoms. The molecular formula is C8H15N2O4SSe. The van der Waals surface area contributed by atoms with Gasteiger partial charge in [-0.3, -0.25) is 0 Å². The second kappa shape index (κ2) is 8.98. The van der Waals surface area contributed by atoms with Gasteiger partial charge in [0, 0.05) is 0 Å². The molecule has 6 nitrogen and oxygen atoms in total. The van der Waals surface area contributed by atoms with E-state index in [0.717, 1.165) is 0 Å². The fourth-order valence-corrected chi connectivity index (χ4v) is 2.15. The Hall–Kier alpha value is -0.111. The Morgan fingerprint density at radius 3 is 2.38 bits per heavy atom. The van der Waals surface area contributed by atoms with Gasteiger partial charge in [-0.05, 0) is 0 Å². The summed E-state index contributed by atoms with van der Waals surface area (Å²) >= 11 is 3.83. The van der Waals surface area contributed by atoms with Crippen molar-refractivity contribution < 1.29 is 19.9 Å². The number of thioether (sulfide) groups is 1. The number of carbonyl (C=O) groups excluding carboxylic acids is 1. The molecule has 93 valence electrons. The van der Waals surface area contributed by atoms with Crippen molar-refractivity contribution >= 4 is 38.4 Å². The zero-order valence-electron chi connectivity index (χ0n) is 8.59. The van der Waals surface area contributed by atoms with E-state index in [1.807, 2.05) is 0 Å². The van der Waals surface area contributed by atoms with Crippen molar-refractivity contribution in [2.24, 2.45) is 5.73 Å². The van der Waals surface area contributed by atoms with Crippen molar-refractivity contribution in [3.8, 4) is 0 Å². The van der Waals surface area contributed by atoms with E-state index in [1.54, 1.807) is 5.48 Å². The van der Waals surface area contributed by atoms with Crippen LogP contribution in [0, 0.1) is 0 Å². The van der Waals surface area contributed by atoms with Crippen LogP contribution in [0.4, 0.5) is 0 Å². The third kappa shape index (κ3) is 7.21. The average molecular weight is 314 g/mol. The maximum atomic E-state index is 10.7. The third-order valence-corrected chi connectivity index (χ3v) is 3.56. The molecule has 0 amide bonds. The molecule has 5 N–H and O–H groups in total. The summed E-state index contributed by atoms with van der Waals surface area (Å²) < 4.78 is -0.166. The molecule has 0 saturated heterocycles. The van der Waals surface area contributed by atoms with E-state index < -0.39 is 18.1 Å². The van der Waals surface area contributed by atoms with Crippen LogP contribution in [0.1, 0.15) is 12.8 Å². The summed E-state index contributed by atoms with van der Waals surface area (Å²) in [4.78, 5) is 21.2. The summed E-state index contributed by atoms with van der Waals surface area (Å²) in [5.41, 5.74) is 7.22. The predicted molar refractivity (Wildman–Crippen MR) is 61.6 cm³/mol. The van der Waals surface area contributed by atoms with Gasteiger partial charge < -0.3 is 0 Å². The van der Waals surface area contributed by atoms with E-state index >= 15 is 0 Å². The summed E-state index contributed by atoms with van der Waals surface area (Å²) in [5, 5.41) is 17.1. The molecule has 0 aliphatic rings. The molecule has 0 aliphatic heterocycles. The normalized spacial score (nSPS) is 14.4. The molecule has 0 heterocycles. The molecule has 0 unspecified atom stereocenters. The molecule has 0 saturated carbocycles. The van der Waals surface area contributed by atoms with Crippen molar-refractivity contribution in [3.63, 3.8) is 0 Å². The number of nitrogens with two attached hydrogens (primary N) is 1. The van der Waals surface area contributed by atoms with Crippen LogP contribution in [0.25, 0.3) is 0 Å². The summed E-state index contributed by atoms with van der Waals surface area (Å²) in [6, 6.07) is -1.43. The Morgan fingerprint density at radius 1 is 1.38 bits per heavy atom. The molecule has 1 radical (unpaired) electrons. The number of carboxylic acids is 1. The van der Waals surface area contributed by atoms with Crippen molar-refractivity contribution in [2.75, 3.05) is 11.5 Å². The van der Waals surface area contributed by atoms with Gasteiger partial charge in [-0.15, -0.1) is 0 Å². The van der Waals surface area contributed by atoms with Gasteiger partial charge in [-0.25, -0.2) is 0 Å². The molecule has 0 aromatic heterocycles. The second-order valence-electron chi connectivity index (χ2n) is 3.14. The third-order valence-electron chi connectivity index (χ3n) is 1.88. The first-order valence-corrected chi connectivity index (χ1v) is 6.66. The van der Waals surface area contributed by atoms with E-state index in [4.69, 9.17) is 16.0 Å². The Balaban J connectivity index is 3.53. The summed E-state index contributed by atoms with van der Waals surface area (Å²) in [5.74, 6) is 0.184. The topological polar surface area (TPSA) is 113 Å². The van der Waals surface area contributed by atoms with Crippen LogP contribution in [0.5, 0.6) is 0 Å². The van der Waals surface area contributed by atoms with Gasteiger partial charge in [0.15, 0.2) is 0 Å². The Bertz CT molecular complexity index is 242. The fraction of sp³-hybridized carbons (Fsp3) is 0.750. The van der Waals surface area contributed by atoms with Crippen LogP contribution in [0.3, 0.4) is 0 Å². The van der Waals surface area contributed by atoms with E-state index in [0.29, 0.717) is 24.3 Å². The maximum absolute atomic E-state index is 10.7. The first-order valence-electron chi connectivity index (χ1n) is 4.65. The SMILES string of the molecule is N[C@@H](CCSCC[C@H](NO)C(=O)O)C(=O)[Se]. The zero-order chi connectivity index (χ0) is 12.6. The standard InChI is InChI=1S/C8H15N2O4SSe/c9-5(8(13)16)1-3-15-4-2-6(10-14)7(11)12/h5-6,10,14H,1-4,9H2,(H,11,12)/t5-,6-/m0/s1. The van der Waals surface area contributed by atoms with Crippen LogP contribution in [-0.4, -0.2) is 60.6 Å². The second-order valence-corrected chi connectivity index (χ2v) is 5.20. The molecule has 0 fully saturated rings. The van der Waals surface area contributed by atoms with Crippen LogP contribution < -0.4 is 11.2 Å². The molecule has 2 atom stereocenters. The quantitative estimate of drug-likeness (QED) is 0.244. The minimum absolute atomic E-state index is 0.166. The van der Waals surface area contributed by atoms with Crippen molar-refractivity contribution in [1.29, 1.82) is 0 Å². The number of aliphatic carboxylic acids is 1. The first kappa shape index (κ1) is 15.9. The van der Waals surface area contributed by atoms with Crippen LogP contribution in [-0.2, 0) is 9.59 Å². The predicted octanol–water partition coefficient (Wildman–Crippen LogP) is -1.05. The van der Waals surface area contributed by atoms with E-state index in [2.05, 4.69) is 16.0 Å². The molecule has 0 bridgehead atoms. The van der Waals surface area contributed by atoms with E-state index in [9.17, 15) is 9.59 Å². The van der Waals surface area contributed by atoms with Gasteiger partial charge in [-0.1, -0.05) is 0 Å². The van der Waals surface area contributed by atoms with E-state index in [-0.39, 0.29) is 4.68 Å². The molecule has 0 rings (SSSR count). The monoisotopic (exact) mass is 315 g/mol. The van der Waals surface area contributed by atoms with Gasteiger partial charge in [-0.2, -0.15) is 0 Å². The van der Waals surface area contributed by atoms with E-state index in [1.165, 1.54) is 11.8 Å². The number of carboxylic acid groups (broad SMARTS) is 1. The number of nitrogens with one attached hydrogen (secondary N) is 1. The number of hydroxylamine groups is 1. The number of carbonyl (C=O) groups is 2. The zero-order valence-corrected chi connectivity index (χ0v) is 11.1. The molecule has 16 heavy (non-hydrogen) atoms. The Kier molecular flexibility index (Phi) is 8.91. The summed E-state index contributed by atoms with van der Waals surface area (Å²) in [6.07, 6.45) is 0.874. The average Bonchev–Trinajstić information content (AvgIpc) is 2.22. The van der Waals surface area contributed by atoms with Gasteiger partial charge >= 0.3 is 106 Å². The number of rotatable bonds is 9. The molecule has 0 aliphatic carbocycles. The fourth-order valence-electron chi connectivity index (χ4n) is 0.875. The van der Waals surface area contributed by atoms with Crippen LogP contribution in [0.15, 0.2) is 0 Å². The summed E-state index contributed by atoms with van der Waals surface area (Å²) in [6.45, 7) is 0. The molecule has 0 aromatic carbocycles. The first-order chi connectivity index (χ1) is 7.49. The Morgan fingerprint density at radius 2 is 1.94 bits per heavy atom. The van der Waals surface area contributed by atoms with Crippen molar-refractivity contribution in [3.05, 3.63) is 0 Å². The van der Waals surface area contributed by atoms with Crippen LogP contribution >= 0.6 is 11.8 Å². The summed E-state index contributed by atoms with van der Waals surface area (Å²) in [7, 11) is 0. The molecular weight excluding hydrogens is 299 g/mol. The van der Waals surface area contributed by atoms with Gasteiger partial charge in [0.05, 0.1) is 0 Å². The number of hydrogen-bond acceptors (Lipinski definition) is 6. The van der Waals surface area contributed by atoms with Crippen molar-refractivity contribution in [2.45, 2.75) is 24.9 Å². The van der Waals surface area contributed by atoms with Gasteiger partial charge in [0.2, 0.25) is 0 Å². The van der Waals surface area contributed by atoms with Gasteiger partial charge in [0.25, 0.3) is 0 Å². The Labute approximate surface area is 106 Å². The molecule has 0 spiro atoms.